The maximum absolute atomic E-state index is 13.3. The lowest BCUT2D eigenvalue weighted by Gasteiger charge is -2.18. The van der Waals surface area contributed by atoms with Gasteiger partial charge in [-0.2, -0.15) is 5.10 Å². The highest BCUT2D eigenvalue weighted by Gasteiger charge is 2.31. The summed E-state index contributed by atoms with van der Waals surface area (Å²) in [6, 6.07) is 5.94. The molecule has 0 saturated heterocycles. The molecule has 2 heterocycles. The molecule has 4 rings (SSSR count). The van der Waals surface area contributed by atoms with Crippen LogP contribution < -0.4 is 10.6 Å². The Bertz CT molecular complexity index is 1010. The lowest BCUT2D eigenvalue weighted by atomic mass is 9.87. The molecule has 0 amide bonds. The van der Waals surface area contributed by atoms with E-state index in [1.165, 1.54) is 0 Å². The number of likely N-dealkylation sites (N-methyl/N-ethyl adjacent to an activating group) is 2. The third-order valence-electron chi connectivity index (χ3n) is 4.92. The van der Waals surface area contributed by atoms with E-state index in [1.807, 2.05) is 38.0 Å². The Kier molecular flexibility index (Phi) is 4.63. The number of aromatic nitrogens is 3. The van der Waals surface area contributed by atoms with Gasteiger partial charge in [-0.25, -0.2) is 0 Å². The first-order valence-corrected chi connectivity index (χ1v) is 9.17. The monoisotopic (exact) mass is 364 g/mol. The second-order valence-electron chi connectivity index (χ2n) is 7.04. The Morgan fingerprint density at radius 2 is 2.00 bits per heavy atom. The Hall–Kier alpha value is -2.77. The Morgan fingerprint density at radius 1 is 1.15 bits per heavy atom. The van der Waals surface area contributed by atoms with Crippen LogP contribution in [0.3, 0.4) is 0 Å². The van der Waals surface area contributed by atoms with Gasteiger partial charge in [0.05, 0.1) is 23.2 Å². The first-order valence-electron chi connectivity index (χ1n) is 9.17. The van der Waals surface area contributed by atoms with Crippen molar-refractivity contribution in [2.24, 2.45) is 0 Å². The number of hydrogen-bond acceptors (Lipinski definition) is 6. The van der Waals surface area contributed by atoms with Crippen LogP contribution >= 0.6 is 0 Å². The highest BCUT2D eigenvalue weighted by molar-refractivity contribution is 6.27. The van der Waals surface area contributed by atoms with Gasteiger partial charge in [-0.1, -0.05) is 0 Å². The number of anilines is 1. The van der Waals surface area contributed by atoms with Gasteiger partial charge in [0.15, 0.2) is 5.78 Å². The zero-order valence-corrected chi connectivity index (χ0v) is 15.9. The van der Waals surface area contributed by atoms with Crippen molar-refractivity contribution >= 4 is 22.4 Å². The molecule has 0 spiro atoms. The number of ketones is 1. The number of carbonyl (C=O) groups is 1. The summed E-state index contributed by atoms with van der Waals surface area (Å²) in [5, 5.41) is 12.3. The second-order valence-corrected chi connectivity index (χ2v) is 7.04. The average Bonchev–Trinajstić information content (AvgIpc) is 3.04. The van der Waals surface area contributed by atoms with E-state index in [0.29, 0.717) is 11.1 Å². The van der Waals surface area contributed by atoms with Gasteiger partial charge in [-0.05, 0) is 39.3 Å². The molecule has 0 unspecified atom stereocenters. The summed E-state index contributed by atoms with van der Waals surface area (Å²) in [6.45, 7) is 3.21. The number of benzene rings is 1. The molecule has 0 fully saturated rings. The van der Waals surface area contributed by atoms with Crippen molar-refractivity contribution in [1.82, 2.24) is 25.0 Å². The van der Waals surface area contributed by atoms with Gasteiger partial charge < -0.3 is 15.5 Å². The number of carbonyl (C=O) groups excluding carboxylic acids is 1. The first-order chi connectivity index (χ1) is 13.1. The quantitative estimate of drug-likeness (QED) is 0.488. The van der Waals surface area contributed by atoms with Crippen LogP contribution in [-0.2, 0) is 6.54 Å². The molecule has 27 heavy (non-hydrogen) atoms. The van der Waals surface area contributed by atoms with Gasteiger partial charge >= 0.3 is 0 Å². The average molecular weight is 364 g/mol. The summed E-state index contributed by atoms with van der Waals surface area (Å²) in [6.07, 6.45) is 3.37. The maximum Gasteiger partial charge on any atom is 0.198 e. The number of fused-ring (bicyclic) bond motifs is 2. The Labute approximate surface area is 158 Å². The third kappa shape index (κ3) is 2.98. The minimum atomic E-state index is 0.00955. The lowest BCUT2D eigenvalue weighted by Crippen LogP contribution is -2.20. The molecule has 7 nitrogen and oxygen atoms in total. The van der Waals surface area contributed by atoms with Gasteiger partial charge in [-0.3, -0.25) is 14.5 Å². The fourth-order valence-electron chi connectivity index (χ4n) is 3.55. The Morgan fingerprint density at radius 3 is 2.78 bits per heavy atom. The van der Waals surface area contributed by atoms with Crippen molar-refractivity contribution in [1.29, 1.82) is 0 Å². The molecule has 0 radical (unpaired) electrons. The van der Waals surface area contributed by atoms with Crippen molar-refractivity contribution in [3.8, 4) is 11.3 Å². The van der Waals surface area contributed by atoms with Crippen LogP contribution in [-0.4, -0.2) is 66.2 Å². The highest BCUT2D eigenvalue weighted by atomic mass is 16.1. The van der Waals surface area contributed by atoms with Gasteiger partial charge in [0.2, 0.25) is 0 Å². The molecule has 2 aromatic heterocycles. The molecule has 1 aromatic carbocycles. The molecule has 0 bridgehead atoms. The van der Waals surface area contributed by atoms with Crippen molar-refractivity contribution in [2.75, 3.05) is 46.1 Å². The first kappa shape index (κ1) is 17.6. The minimum absolute atomic E-state index is 0.00955. The van der Waals surface area contributed by atoms with E-state index in [1.54, 1.807) is 12.4 Å². The van der Waals surface area contributed by atoms with Crippen LogP contribution in [0, 0.1) is 0 Å². The molecule has 2 N–H and O–H groups in total. The van der Waals surface area contributed by atoms with Crippen molar-refractivity contribution in [3.05, 3.63) is 41.7 Å². The largest absolute Gasteiger partial charge is 0.383 e. The van der Waals surface area contributed by atoms with Crippen LogP contribution in [0.1, 0.15) is 15.9 Å². The fraction of sp³-hybridized carbons (Fsp3) is 0.350. The van der Waals surface area contributed by atoms with Crippen LogP contribution in [0.25, 0.3) is 22.2 Å². The van der Waals surface area contributed by atoms with Crippen molar-refractivity contribution in [3.63, 3.8) is 0 Å². The predicted octanol–water partition coefficient (Wildman–Crippen LogP) is 1.84. The normalized spacial score (nSPS) is 12.7. The van der Waals surface area contributed by atoms with Crippen LogP contribution in [0.15, 0.2) is 30.6 Å². The van der Waals surface area contributed by atoms with E-state index >= 15 is 0 Å². The van der Waals surface area contributed by atoms with Gasteiger partial charge in [0, 0.05) is 48.7 Å². The number of hydrogen-bond donors (Lipinski definition) is 2. The van der Waals surface area contributed by atoms with Gasteiger partial charge in [-0.15, -0.1) is 0 Å². The van der Waals surface area contributed by atoms with E-state index in [2.05, 4.69) is 26.6 Å². The highest BCUT2D eigenvalue weighted by Crippen LogP contribution is 2.41. The molecule has 0 atom stereocenters. The van der Waals surface area contributed by atoms with Crippen molar-refractivity contribution < 1.29 is 4.79 Å². The van der Waals surface area contributed by atoms with E-state index in [-0.39, 0.29) is 5.78 Å². The molecule has 3 aromatic rings. The summed E-state index contributed by atoms with van der Waals surface area (Å²) in [5.74, 6) is 0.00955. The van der Waals surface area contributed by atoms with Crippen LogP contribution in [0.4, 0.5) is 5.69 Å². The number of pyridine rings is 1. The smallest absolute Gasteiger partial charge is 0.198 e. The molecule has 140 valence electrons. The van der Waals surface area contributed by atoms with Crippen LogP contribution in [0.2, 0.25) is 0 Å². The van der Waals surface area contributed by atoms with Gasteiger partial charge in [0.1, 0.15) is 5.69 Å². The van der Waals surface area contributed by atoms with E-state index in [4.69, 9.17) is 5.10 Å². The molecular weight excluding hydrogens is 340 g/mol. The predicted molar refractivity (Wildman–Crippen MR) is 107 cm³/mol. The molecule has 1 aliphatic carbocycles. The molecule has 7 heteroatoms. The fourth-order valence-corrected chi connectivity index (χ4v) is 3.55. The SMILES string of the molecule is CNCCNc1ccc2c3c(nn2CCN(C)C)-c2ccncc2C(=O)c13. The number of nitrogens with zero attached hydrogens (tertiary/aromatic N) is 4. The lowest BCUT2D eigenvalue weighted by molar-refractivity contribution is 0.104. The standard InChI is InChI=1S/C20H24N6O/c1-21-8-9-23-15-4-5-16-18-17(15)20(27)14-12-22-7-6-13(14)19(18)24-26(16)11-10-25(2)3/h4-7,12,21,23H,8-11H2,1-3H3. The Balaban J connectivity index is 1.91. The zero-order valence-electron chi connectivity index (χ0n) is 15.9. The summed E-state index contributed by atoms with van der Waals surface area (Å²) < 4.78 is 2.01. The molecular formula is C20H24N6O. The van der Waals surface area contributed by atoms with E-state index in [0.717, 1.165) is 54.0 Å². The van der Waals surface area contributed by atoms with Gasteiger partial charge in [0.25, 0.3) is 0 Å². The third-order valence-corrected chi connectivity index (χ3v) is 4.92. The number of nitrogens with one attached hydrogen (secondary N) is 2. The number of rotatable bonds is 7. The summed E-state index contributed by atoms with van der Waals surface area (Å²) in [4.78, 5) is 19.6. The van der Waals surface area contributed by atoms with E-state index in [9.17, 15) is 4.79 Å². The van der Waals surface area contributed by atoms with Crippen molar-refractivity contribution in [2.45, 2.75) is 6.54 Å². The van der Waals surface area contributed by atoms with Crippen LogP contribution in [0.5, 0.6) is 0 Å². The molecule has 1 aliphatic rings. The second kappa shape index (κ2) is 7.09. The topological polar surface area (TPSA) is 75.1 Å². The zero-order chi connectivity index (χ0) is 19.0. The summed E-state index contributed by atoms with van der Waals surface area (Å²) in [7, 11) is 6.00. The molecule has 0 aliphatic heterocycles. The van der Waals surface area contributed by atoms with E-state index < -0.39 is 0 Å². The maximum atomic E-state index is 13.3. The minimum Gasteiger partial charge on any atom is -0.383 e. The molecule has 0 saturated carbocycles. The summed E-state index contributed by atoms with van der Waals surface area (Å²) in [5.41, 5.74) is 4.90. The summed E-state index contributed by atoms with van der Waals surface area (Å²) >= 11 is 0.